The van der Waals surface area contributed by atoms with Gasteiger partial charge in [-0.15, -0.1) is 0 Å². The normalized spacial score (nSPS) is 10.3. The van der Waals surface area contributed by atoms with Crippen molar-refractivity contribution in [2.75, 3.05) is 5.32 Å². The Labute approximate surface area is 98.5 Å². The standard InChI is InChI=1S/C9H7BrN2O2S/c1-5-2-14-9(11-5)12-8(13)6-3-15-4-7(6)10/h2-4H,1H3,(H,11,12,13). The molecular formula is C9H7BrN2O2S. The maximum Gasteiger partial charge on any atom is 0.301 e. The molecule has 1 amide bonds. The molecule has 0 fully saturated rings. The molecule has 0 aliphatic carbocycles. The molecule has 4 nitrogen and oxygen atoms in total. The summed E-state index contributed by atoms with van der Waals surface area (Å²) in [4.78, 5) is 15.7. The Kier molecular flexibility index (Phi) is 2.88. The predicted octanol–water partition coefficient (Wildman–Crippen LogP) is 3.06. The Morgan fingerprint density at radius 1 is 1.60 bits per heavy atom. The summed E-state index contributed by atoms with van der Waals surface area (Å²) in [6.45, 7) is 1.79. The van der Waals surface area contributed by atoms with Gasteiger partial charge in [0.05, 0.1) is 11.3 Å². The summed E-state index contributed by atoms with van der Waals surface area (Å²) in [5.41, 5.74) is 1.31. The van der Waals surface area contributed by atoms with Crippen molar-refractivity contribution in [3.63, 3.8) is 0 Å². The number of hydrogen-bond acceptors (Lipinski definition) is 4. The number of amides is 1. The third-order valence-electron chi connectivity index (χ3n) is 1.70. The Bertz CT molecular complexity index is 492. The summed E-state index contributed by atoms with van der Waals surface area (Å²) in [6.07, 6.45) is 1.48. The zero-order chi connectivity index (χ0) is 10.8. The van der Waals surface area contributed by atoms with Crippen LogP contribution in [0.1, 0.15) is 16.1 Å². The smallest absolute Gasteiger partial charge is 0.301 e. The maximum absolute atomic E-state index is 11.7. The molecule has 0 unspecified atom stereocenters. The van der Waals surface area contributed by atoms with E-state index in [1.807, 2.05) is 5.38 Å². The fourth-order valence-electron chi connectivity index (χ4n) is 1.02. The van der Waals surface area contributed by atoms with Gasteiger partial charge in [-0.25, -0.2) is 0 Å². The number of oxazole rings is 1. The van der Waals surface area contributed by atoms with Crippen molar-refractivity contribution in [2.45, 2.75) is 6.92 Å². The van der Waals surface area contributed by atoms with E-state index in [-0.39, 0.29) is 11.9 Å². The lowest BCUT2D eigenvalue weighted by atomic mass is 10.3. The fraction of sp³-hybridized carbons (Fsp3) is 0.111. The van der Waals surface area contributed by atoms with Gasteiger partial charge in [-0.2, -0.15) is 16.3 Å². The van der Waals surface area contributed by atoms with Gasteiger partial charge in [0.15, 0.2) is 0 Å². The molecule has 78 valence electrons. The Morgan fingerprint density at radius 3 is 2.93 bits per heavy atom. The van der Waals surface area contributed by atoms with Crippen LogP contribution in [0.5, 0.6) is 0 Å². The van der Waals surface area contributed by atoms with Crippen molar-refractivity contribution in [2.24, 2.45) is 0 Å². The summed E-state index contributed by atoms with van der Waals surface area (Å²) in [6, 6.07) is 0.218. The average molecular weight is 287 g/mol. The van der Waals surface area contributed by atoms with Crippen LogP contribution in [0.4, 0.5) is 6.01 Å². The molecule has 2 aromatic rings. The van der Waals surface area contributed by atoms with Gasteiger partial charge in [0, 0.05) is 15.2 Å². The van der Waals surface area contributed by atoms with Crippen LogP contribution in [-0.2, 0) is 0 Å². The third-order valence-corrected chi connectivity index (χ3v) is 3.40. The zero-order valence-electron chi connectivity index (χ0n) is 7.78. The molecule has 2 rings (SSSR count). The highest BCUT2D eigenvalue weighted by atomic mass is 79.9. The molecule has 0 bridgehead atoms. The lowest BCUT2D eigenvalue weighted by Gasteiger charge is -1.98. The van der Waals surface area contributed by atoms with Gasteiger partial charge in [0.25, 0.3) is 5.91 Å². The van der Waals surface area contributed by atoms with E-state index in [0.717, 1.165) is 10.2 Å². The number of aromatic nitrogens is 1. The summed E-state index contributed by atoms with van der Waals surface area (Å²) < 4.78 is 5.79. The number of aryl methyl sites for hydroxylation is 1. The van der Waals surface area contributed by atoms with E-state index < -0.39 is 0 Å². The quantitative estimate of drug-likeness (QED) is 0.923. The van der Waals surface area contributed by atoms with Gasteiger partial charge in [-0.1, -0.05) is 0 Å². The van der Waals surface area contributed by atoms with Crippen molar-refractivity contribution in [3.8, 4) is 0 Å². The minimum Gasteiger partial charge on any atom is -0.432 e. The topological polar surface area (TPSA) is 55.1 Å². The lowest BCUT2D eigenvalue weighted by molar-refractivity contribution is 0.102. The van der Waals surface area contributed by atoms with Crippen molar-refractivity contribution >= 4 is 39.2 Å². The number of anilines is 1. The summed E-state index contributed by atoms with van der Waals surface area (Å²) in [5, 5.41) is 6.17. The Balaban J connectivity index is 2.14. The first-order valence-corrected chi connectivity index (χ1v) is 5.85. The molecule has 6 heteroatoms. The second-order valence-electron chi connectivity index (χ2n) is 2.88. The van der Waals surface area contributed by atoms with E-state index in [2.05, 4.69) is 26.2 Å². The maximum atomic E-state index is 11.7. The van der Waals surface area contributed by atoms with Gasteiger partial charge in [-0.3, -0.25) is 10.1 Å². The van der Waals surface area contributed by atoms with Crippen LogP contribution in [0.2, 0.25) is 0 Å². The molecule has 2 aromatic heterocycles. The molecule has 0 saturated heterocycles. The van der Waals surface area contributed by atoms with E-state index in [1.54, 1.807) is 12.3 Å². The number of hydrogen-bond donors (Lipinski definition) is 1. The van der Waals surface area contributed by atoms with Gasteiger partial charge in [0.2, 0.25) is 0 Å². The van der Waals surface area contributed by atoms with Crippen LogP contribution in [0, 0.1) is 6.92 Å². The molecular weight excluding hydrogens is 280 g/mol. The number of nitrogens with one attached hydrogen (secondary N) is 1. The first-order chi connectivity index (χ1) is 7.16. The van der Waals surface area contributed by atoms with Gasteiger partial charge in [-0.05, 0) is 22.9 Å². The SMILES string of the molecule is Cc1coc(NC(=O)c2cscc2Br)n1. The van der Waals surface area contributed by atoms with E-state index in [1.165, 1.54) is 17.6 Å². The zero-order valence-corrected chi connectivity index (χ0v) is 10.2. The number of carbonyl (C=O) groups is 1. The first-order valence-electron chi connectivity index (χ1n) is 4.12. The highest BCUT2D eigenvalue weighted by molar-refractivity contribution is 9.10. The van der Waals surface area contributed by atoms with Gasteiger partial charge >= 0.3 is 6.01 Å². The van der Waals surface area contributed by atoms with Crippen LogP contribution in [0.25, 0.3) is 0 Å². The first kappa shape index (κ1) is 10.4. The number of thiophene rings is 1. The van der Waals surface area contributed by atoms with E-state index >= 15 is 0 Å². The van der Waals surface area contributed by atoms with Gasteiger partial charge < -0.3 is 4.42 Å². The minimum absolute atomic E-state index is 0.218. The second kappa shape index (κ2) is 4.16. The van der Waals surface area contributed by atoms with E-state index in [0.29, 0.717) is 5.56 Å². The van der Waals surface area contributed by atoms with E-state index in [9.17, 15) is 4.79 Å². The summed E-state index contributed by atoms with van der Waals surface area (Å²) >= 11 is 4.74. The van der Waals surface area contributed by atoms with Crippen molar-refractivity contribution in [1.29, 1.82) is 0 Å². The van der Waals surface area contributed by atoms with E-state index in [4.69, 9.17) is 4.42 Å². The average Bonchev–Trinajstić information content (AvgIpc) is 2.75. The molecule has 15 heavy (non-hydrogen) atoms. The highest BCUT2D eigenvalue weighted by Gasteiger charge is 2.13. The molecule has 0 aromatic carbocycles. The molecule has 1 N–H and O–H groups in total. The Morgan fingerprint density at radius 2 is 2.40 bits per heavy atom. The third kappa shape index (κ3) is 2.27. The molecule has 0 aliphatic heterocycles. The molecule has 2 heterocycles. The number of rotatable bonds is 2. The minimum atomic E-state index is -0.232. The van der Waals surface area contributed by atoms with Crippen molar-refractivity contribution in [3.05, 3.63) is 32.8 Å². The fourth-order valence-corrected chi connectivity index (χ4v) is 2.47. The lowest BCUT2D eigenvalue weighted by Crippen LogP contribution is -2.11. The van der Waals surface area contributed by atoms with Gasteiger partial charge in [0.1, 0.15) is 6.26 Å². The molecule has 0 saturated carbocycles. The van der Waals surface area contributed by atoms with Crippen molar-refractivity contribution < 1.29 is 9.21 Å². The second-order valence-corrected chi connectivity index (χ2v) is 4.48. The van der Waals surface area contributed by atoms with Crippen LogP contribution in [-0.4, -0.2) is 10.9 Å². The summed E-state index contributed by atoms with van der Waals surface area (Å²) in [7, 11) is 0. The number of nitrogens with zero attached hydrogens (tertiary/aromatic N) is 1. The molecule has 0 radical (unpaired) electrons. The van der Waals surface area contributed by atoms with Crippen LogP contribution in [0.15, 0.2) is 25.9 Å². The van der Waals surface area contributed by atoms with Crippen LogP contribution in [0.3, 0.4) is 0 Å². The van der Waals surface area contributed by atoms with Crippen molar-refractivity contribution in [1.82, 2.24) is 4.98 Å². The highest BCUT2D eigenvalue weighted by Crippen LogP contribution is 2.22. The predicted molar refractivity (Wildman–Crippen MR) is 61.2 cm³/mol. The van der Waals surface area contributed by atoms with Crippen LogP contribution >= 0.6 is 27.3 Å². The summed E-state index contributed by atoms with van der Waals surface area (Å²) in [5.74, 6) is -0.232. The molecule has 0 aliphatic rings. The number of carbonyl (C=O) groups excluding carboxylic acids is 1. The number of halogens is 1. The Hall–Kier alpha value is -1.14. The monoisotopic (exact) mass is 286 g/mol. The largest absolute Gasteiger partial charge is 0.432 e. The molecule has 0 atom stereocenters. The van der Waals surface area contributed by atoms with Crippen LogP contribution < -0.4 is 5.32 Å². The molecule has 0 spiro atoms.